The van der Waals surface area contributed by atoms with E-state index < -0.39 is 0 Å². The van der Waals surface area contributed by atoms with Crippen LogP contribution >= 0.6 is 11.6 Å². The number of nitrogens with zero attached hydrogens (tertiary/aromatic N) is 3. The second-order valence-corrected chi connectivity index (χ2v) is 6.37. The number of carbonyl (C=O) groups excluding carboxylic acids is 2. The van der Waals surface area contributed by atoms with Crippen molar-refractivity contribution in [3.8, 4) is 5.75 Å². The van der Waals surface area contributed by atoms with Gasteiger partial charge in [-0.1, -0.05) is 11.6 Å². The van der Waals surface area contributed by atoms with Gasteiger partial charge < -0.3 is 15.0 Å². The summed E-state index contributed by atoms with van der Waals surface area (Å²) in [7, 11) is 1.53. The highest BCUT2D eigenvalue weighted by Crippen LogP contribution is 2.32. The molecule has 1 aliphatic rings. The minimum atomic E-state index is -0.384. The molecular formula is C18H19ClN4O3. The number of methoxy groups -OCH3 is 1. The number of carbonyl (C=O) groups is 2. The van der Waals surface area contributed by atoms with E-state index in [1.165, 1.54) is 7.11 Å². The maximum atomic E-state index is 12.4. The first-order valence-corrected chi connectivity index (χ1v) is 8.63. The first kappa shape index (κ1) is 18.1. The molecule has 1 atom stereocenters. The summed E-state index contributed by atoms with van der Waals surface area (Å²) < 4.78 is 5.12. The van der Waals surface area contributed by atoms with Crippen molar-refractivity contribution in [3.63, 3.8) is 0 Å². The third kappa shape index (κ3) is 4.11. The number of hydrogen-bond acceptors (Lipinski definition) is 5. The summed E-state index contributed by atoms with van der Waals surface area (Å²) in [6, 6.07) is 5.14. The molecule has 8 heteroatoms. The van der Waals surface area contributed by atoms with E-state index in [1.807, 2.05) is 0 Å². The third-order valence-corrected chi connectivity index (χ3v) is 4.54. The van der Waals surface area contributed by atoms with Crippen LogP contribution in [0.2, 0.25) is 5.02 Å². The van der Waals surface area contributed by atoms with Crippen LogP contribution in [0.5, 0.6) is 5.75 Å². The molecule has 0 bridgehead atoms. The highest BCUT2D eigenvalue weighted by Gasteiger charge is 2.35. The van der Waals surface area contributed by atoms with Gasteiger partial charge in [0.05, 0.1) is 23.7 Å². The predicted molar refractivity (Wildman–Crippen MR) is 97.2 cm³/mol. The molecule has 0 spiro atoms. The number of amides is 2. The number of aromatic nitrogens is 2. The SMILES string of the molecule is COc1ccc(N2C[C@@H](C(=O)NCCc3cnccn3)CC2=O)cc1Cl. The summed E-state index contributed by atoms with van der Waals surface area (Å²) in [5, 5.41) is 3.29. The second kappa shape index (κ2) is 8.14. The molecule has 2 heterocycles. The zero-order valence-corrected chi connectivity index (χ0v) is 15.1. The average Bonchev–Trinajstić information content (AvgIpc) is 3.04. The molecule has 7 nitrogen and oxygen atoms in total. The molecule has 136 valence electrons. The zero-order valence-electron chi connectivity index (χ0n) is 14.3. The lowest BCUT2D eigenvalue weighted by Crippen LogP contribution is -2.34. The Kier molecular flexibility index (Phi) is 5.68. The molecule has 1 saturated heterocycles. The van der Waals surface area contributed by atoms with E-state index in [0.717, 1.165) is 5.69 Å². The maximum Gasteiger partial charge on any atom is 0.227 e. The van der Waals surface area contributed by atoms with Gasteiger partial charge in [0.1, 0.15) is 5.75 Å². The summed E-state index contributed by atoms with van der Waals surface area (Å²) in [6.07, 6.45) is 5.66. The van der Waals surface area contributed by atoms with Gasteiger partial charge in [0.25, 0.3) is 0 Å². The molecule has 1 fully saturated rings. The van der Waals surface area contributed by atoms with Gasteiger partial charge in [-0.3, -0.25) is 19.6 Å². The number of ether oxygens (including phenoxy) is 1. The van der Waals surface area contributed by atoms with Gasteiger partial charge in [-0.15, -0.1) is 0 Å². The van der Waals surface area contributed by atoms with Crippen LogP contribution in [-0.4, -0.2) is 42.0 Å². The highest BCUT2D eigenvalue weighted by molar-refractivity contribution is 6.32. The molecule has 0 aliphatic carbocycles. The number of halogens is 1. The largest absolute Gasteiger partial charge is 0.495 e. The van der Waals surface area contributed by atoms with E-state index in [0.29, 0.717) is 36.0 Å². The Hall–Kier alpha value is -2.67. The van der Waals surface area contributed by atoms with Crippen molar-refractivity contribution in [1.82, 2.24) is 15.3 Å². The molecule has 2 aromatic rings. The van der Waals surface area contributed by atoms with Crippen molar-refractivity contribution < 1.29 is 14.3 Å². The fourth-order valence-corrected chi connectivity index (χ4v) is 3.13. The van der Waals surface area contributed by atoms with Gasteiger partial charge in [0, 0.05) is 50.2 Å². The number of nitrogens with one attached hydrogen (secondary N) is 1. The molecule has 2 amide bonds. The Morgan fingerprint density at radius 2 is 2.27 bits per heavy atom. The van der Waals surface area contributed by atoms with Crippen LogP contribution in [0.25, 0.3) is 0 Å². The first-order valence-electron chi connectivity index (χ1n) is 8.25. The number of anilines is 1. The molecule has 0 saturated carbocycles. The molecule has 26 heavy (non-hydrogen) atoms. The topological polar surface area (TPSA) is 84.4 Å². The summed E-state index contributed by atoms with van der Waals surface area (Å²) in [4.78, 5) is 34.4. The van der Waals surface area contributed by atoms with E-state index >= 15 is 0 Å². The zero-order chi connectivity index (χ0) is 18.5. The molecule has 1 aromatic heterocycles. The van der Waals surface area contributed by atoms with E-state index in [9.17, 15) is 9.59 Å². The molecule has 0 radical (unpaired) electrons. The average molecular weight is 375 g/mol. The molecule has 1 aromatic carbocycles. The molecule has 0 unspecified atom stereocenters. The Labute approximate surface area is 156 Å². The quantitative estimate of drug-likeness (QED) is 0.834. The Bertz CT molecular complexity index is 800. The summed E-state index contributed by atoms with van der Waals surface area (Å²) >= 11 is 6.13. The smallest absolute Gasteiger partial charge is 0.227 e. The van der Waals surface area contributed by atoms with Gasteiger partial charge in [-0.05, 0) is 18.2 Å². The van der Waals surface area contributed by atoms with Crippen LogP contribution in [-0.2, 0) is 16.0 Å². The lowest BCUT2D eigenvalue weighted by Gasteiger charge is -2.17. The van der Waals surface area contributed by atoms with Gasteiger partial charge in [0.2, 0.25) is 11.8 Å². The van der Waals surface area contributed by atoms with Crippen LogP contribution in [0.3, 0.4) is 0 Å². The maximum absolute atomic E-state index is 12.4. The molecule has 1 aliphatic heterocycles. The van der Waals surface area contributed by atoms with Crippen molar-refractivity contribution >= 4 is 29.1 Å². The second-order valence-electron chi connectivity index (χ2n) is 5.96. The molecular weight excluding hydrogens is 356 g/mol. The lowest BCUT2D eigenvalue weighted by molar-refractivity contribution is -0.126. The van der Waals surface area contributed by atoms with E-state index in [1.54, 1.807) is 41.7 Å². The molecule has 3 rings (SSSR count). The summed E-state index contributed by atoms with van der Waals surface area (Å²) in [6.45, 7) is 0.787. The fourth-order valence-electron chi connectivity index (χ4n) is 2.87. The number of rotatable bonds is 6. The molecule has 1 N–H and O–H groups in total. The minimum absolute atomic E-state index is 0.0969. The van der Waals surface area contributed by atoms with Crippen molar-refractivity contribution in [2.45, 2.75) is 12.8 Å². The van der Waals surface area contributed by atoms with E-state index in [2.05, 4.69) is 15.3 Å². The van der Waals surface area contributed by atoms with Crippen LogP contribution in [0, 0.1) is 5.92 Å². The third-order valence-electron chi connectivity index (χ3n) is 4.24. The number of hydrogen-bond donors (Lipinski definition) is 1. The first-order chi connectivity index (χ1) is 12.6. The van der Waals surface area contributed by atoms with E-state index in [-0.39, 0.29) is 24.2 Å². The highest BCUT2D eigenvalue weighted by atomic mass is 35.5. The summed E-state index contributed by atoms with van der Waals surface area (Å²) in [5.41, 5.74) is 1.47. The van der Waals surface area contributed by atoms with Crippen LogP contribution < -0.4 is 15.0 Å². The monoisotopic (exact) mass is 374 g/mol. The van der Waals surface area contributed by atoms with Crippen molar-refractivity contribution in [2.75, 3.05) is 25.1 Å². The van der Waals surface area contributed by atoms with Crippen LogP contribution in [0.4, 0.5) is 5.69 Å². The van der Waals surface area contributed by atoms with E-state index in [4.69, 9.17) is 16.3 Å². The van der Waals surface area contributed by atoms with Crippen LogP contribution in [0.1, 0.15) is 12.1 Å². The van der Waals surface area contributed by atoms with Crippen LogP contribution in [0.15, 0.2) is 36.8 Å². The normalized spacial score (nSPS) is 16.6. The Morgan fingerprint density at radius 3 is 2.96 bits per heavy atom. The van der Waals surface area contributed by atoms with Gasteiger partial charge in [0.15, 0.2) is 0 Å². The standard InChI is InChI=1S/C18H19ClN4O3/c1-26-16-3-2-14(9-15(16)19)23-11-12(8-17(23)24)18(25)22-5-4-13-10-20-6-7-21-13/h2-3,6-7,9-10,12H,4-5,8,11H2,1H3,(H,22,25)/t12-/m0/s1. The number of benzene rings is 1. The lowest BCUT2D eigenvalue weighted by atomic mass is 10.1. The van der Waals surface area contributed by atoms with Gasteiger partial charge >= 0.3 is 0 Å². The summed E-state index contributed by atoms with van der Waals surface area (Å²) in [5.74, 6) is -0.0738. The minimum Gasteiger partial charge on any atom is -0.495 e. The predicted octanol–water partition coefficient (Wildman–Crippen LogP) is 1.85. The van der Waals surface area contributed by atoms with Crippen molar-refractivity contribution in [2.24, 2.45) is 5.92 Å². The van der Waals surface area contributed by atoms with Gasteiger partial charge in [-0.25, -0.2) is 0 Å². The Balaban J connectivity index is 1.56. The Morgan fingerprint density at radius 1 is 1.42 bits per heavy atom. The van der Waals surface area contributed by atoms with Gasteiger partial charge in [-0.2, -0.15) is 0 Å². The fraction of sp³-hybridized carbons (Fsp3) is 0.333. The van der Waals surface area contributed by atoms with Crippen molar-refractivity contribution in [3.05, 3.63) is 47.5 Å². The van der Waals surface area contributed by atoms with Crippen molar-refractivity contribution in [1.29, 1.82) is 0 Å².